The molecule has 0 radical (unpaired) electrons. The third-order valence-corrected chi connectivity index (χ3v) is 4.26. The van der Waals surface area contributed by atoms with Crippen LogP contribution in [-0.4, -0.2) is 40.8 Å². The standard InChI is InChI=1S/C17H20N4O4S/c1-4-25-16(23)13-9-19-17(21-14(13)18)26-10(2)15(22)20-11-6-5-7-12(8-11)24-3/h5-10H,4H2,1-3H3,(H,20,22)(H2,18,19,21)/t10-/m1/s1. The molecule has 1 atom stereocenters. The summed E-state index contributed by atoms with van der Waals surface area (Å²) in [5, 5.41) is 2.61. The molecule has 3 N–H and O–H groups in total. The number of nitrogens with two attached hydrogens (primary N) is 1. The average Bonchev–Trinajstić information content (AvgIpc) is 2.62. The molecule has 0 aliphatic carbocycles. The summed E-state index contributed by atoms with van der Waals surface area (Å²) in [6, 6.07) is 7.05. The second-order valence-corrected chi connectivity index (χ2v) is 6.46. The Labute approximate surface area is 155 Å². The summed E-state index contributed by atoms with van der Waals surface area (Å²) in [4.78, 5) is 32.2. The third kappa shape index (κ3) is 5.09. The molecule has 0 aliphatic heterocycles. The maximum atomic E-state index is 12.3. The molecule has 0 spiro atoms. The number of carbonyl (C=O) groups excluding carboxylic acids is 2. The fraction of sp³-hybridized carbons (Fsp3) is 0.294. The van der Waals surface area contributed by atoms with Gasteiger partial charge in [0.05, 0.1) is 19.0 Å². The van der Waals surface area contributed by atoms with Crippen molar-refractivity contribution in [1.29, 1.82) is 0 Å². The Morgan fingerprint density at radius 2 is 2.15 bits per heavy atom. The van der Waals surface area contributed by atoms with Crippen molar-refractivity contribution >= 4 is 35.1 Å². The molecule has 9 heteroatoms. The Morgan fingerprint density at radius 3 is 2.81 bits per heavy atom. The van der Waals surface area contributed by atoms with Gasteiger partial charge in [0.1, 0.15) is 17.1 Å². The van der Waals surface area contributed by atoms with Crippen LogP contribution in [0.2, 0.25) is 0 Å². The van der Waals surface area contributed by atoms with E-state index in [1.54, 1.807) is 45.2 Å². The zero-order chi connectivity index (χ0) is 19.1. The van der Waals surface area contributed by atoms with Crippen molar-refractivity contribution in [2.24, 2.45) is 0 Å². The highest BCUT2D eigenvalue weighted by atomic mass is 32.2. The van der Waals surface area contributed by atoms with Crippen molar-refractivity contribution < 1.29 is 19.1 Å². The van der Waals surface area contributed by atoms with E-state index < -0.39 is 11.2 Å². The lowest BCUT2D eigenvalue weighted by atomic mass is 10.3. The van der Waals surface area contributed by atoms with Crippen LogP contribution >= 0.6 is 11.8 Å². The molecule has 2 rings (SSSR count). The van der Waals surface area contributed by atoms with Crippen molar-refractivity contribution in [3.8, 4) is 5.75 Å². The highest BCUT2D eigenvalue weighted by molar-refractivity contribution is 8.00. The minimum absolute atomic E-state index is 0.0151. The summed E-state index contributed by atoms with van der Waals surface area (Å²) in [5.41, 5.74) is 6.51. The van der Waals surface area contributed by atoms with Gasteiger partial charge >= 0.3 is 5.97 Å². The number of rotatable bonds is 7. The van der Waals surface area contributed by atoms with E-state index in [9.17, 15) is 9.59 Å². The van der Waals surface area contributed by atoms with Gasteiger partial charge < -0.3 is 20.5 Å². The first-order chi connectivity index (χ1) is 12.4. The monoisotopic (exact) mass is 376 g/mol. The third-order valence-electron chi connectivity index (χ3n) is 3.28. The zero-order valence-corrected chi connectivity index (χ0v) is 15.5. The molecule has 8 nitrogen and oxygen atoms in total. The van der Waals surface area contributed by atoms with Gasteiger partial charge in [-0.3, -0.25) is 4.79 Å². The van der Waals surface area contributed by atoms with E-state index in [-0.39, 0.29) is 23.9 Å². The molecular formula is C17H20N4O4S. The van der Waals surface area contributed by atoms with Crippen LogP contribution in [0.1, 0.15) is 24.2 Å². The number of methoxy groups -OCH3 is 1. The van der Waals surface area contributed by atoms with Gasteiger partial charge in [-0.2, -0.15) is 0 Å². The smallest absolute Gasteiger partial charge is 0.343 e. The first-order valence-electron chi connectivity index (χ1n) is 7.85. The van der Waals surface area contributed by atoms with E-state index in [0.717, 1.165) is 11.8 Å². The normalized spacial score (nSPS) is 11.5. The molecule has 0 aliphatic rings. The summed E-state index contributed by atoms with van der Waals surface area (Å²) < 4.78 is 10.00. The molecule has 2 aromatic rings. The maximum absolute atomic E-state index is 12.3. The molecule has 1 amide bonds. The van der Waals surface area contributed by atoms with Crippen molar-refractivity contribution in [3.63, 3.8) is 0 Å². The molecule has 0 saturated heterocycles. The fourth-order valence-electron chi connectivity index (χ4n) is 1.96. The van der Waals surface area contributed by atoms with Crippen molar-refractivity contribution in [2.45, 2.75) is 24.3 Å². The van der Waals surface area contributed by atoms with Gasteiger partial charge in [0, 0.05) is 18.0 Å². The first-order valence-corrected chi connectivity index (χ1v) is 8.73. The minimum atomic E-state index is -0.578. The quantitative estimate of drug-likeness (QED) is 0.430. The van der Waals surface area contributed by atoms with Crippen LogP contribution in [0.15, 0.2) is 35.6 Å². The number of hydrogen-bond donors (Lipinski definition) is 2. The molecule has 0 fully saturated rings. The Balaban J connectivity index is 2.02. The summed E-state index contributed by atoms with van der Waals surface area (Å²) in [6.45, 7) is 3.65. The number of thioether (sulfide) groups is 1. The van der Waals surface area contributed by atoms with E-state index in [0.29, 0.717) is 16.6 Å². The van der Waals surface area contributed by atoms with Crippen LogP contribution in [0.3, 0.4) is 0 Å². The Hall–Kier alpha value is -2.81. The van der Waals surface area contributed by atoms with Gasteiger partial charge in [0.25, 0.3) is 0 Å². The highest BCUT2D eigenvalue weighted by Gasteiger charge is 2.19. The number of aromatic nitrogens is 2. The zero-order valence-electron chi connectivity index (χ0n) is 14.7. The summed E-state index contributed by atoms with van der Waals surface area (Å²) in [6.07, 6.45) is 1.30. The summed E-state index contributed by atoms with van der Waals surface area (Å²) in [7, 11) is 1.56. The first kappa shape index (κ1) is 19.5. The summed E-state index contributed by atoms with van der Waals surface area (Å²) in [5.74, 6) is -0.139. The number of ether oxygens (including phenoxy) is 2. The number of hydrogen-bond acceptors (Lipinski definition) is 8. The van der Waals surface area contributed by atoms with E-state index in [4.69, 9.17) is 15.2 Å². The number of nitrogens with one attached hydrogen (secondary N) is 1. The molecular weight excluding hydrogens is 356 g/mol. The van der Waals surface area contributed by atoms with Crippen molar-refractivity contribution in [2.75, 3.05) is 24.8 Å². The highest BCUT2D eigenvalue weighted by Crippen LogP contribution is 2.23. The lowest BCUT2D eigenvalue weighted by Crippen LogP contribution is -2.22. The van der Waals surface area contributed by atoms with Gasteiger partial charge in [-0.15, -0.1) is 0 Å². The molecule has 26 heavy (non-hydrogen) atoms. The largest absolute Gasteiger partial charge is 0.497 e. The number of amides is 1. The maximum Gasteiger partial charge on any atom is 0.343 e. The molecule has 1 heterocycles. The van der Waals surface area contributed by atoms with Crippen LogP contribution in [-0.2, 0) is 9.53 Å². The molecule has 1 aromatic heterocycles. The number of carbonyl (C=O) groups is 2. The van der Waals surface area contributed by atoms with E-state index in [1.165, 1.54) is 6.20 Å². The average molecular weight is 376 g/mol. The van der Waals surface area contributed by atoms with E-state index in [2.05, 4.69) is 15.3 Å². The lowest BCUT2D eigenvalue weighted by molar-refractivity contribution is -0.115. The van der Waals surface area contributed by atoms with Crippen LogP contribution in [0.5, 0.6) is 5.75 Å². The molecule has 0 saturated carbocycles. The van der Waals surface area contributed by atoms with Crippen LogP contribution in [0.4, 0.5) is 11.5 Å². The topological polar surface area (TPSA) is 116 Å². The second kappa shape index (κ2) is 9.04. The second-order valence-electron chi connectivity index (χ2n) is 5.15. The lowest BCUT2D eigenvalue weighted by Gasteiger charge is -2.12. The SMILES string of the molecule is CCOC(=O)c1cnc(S[C@H](C)C(=O)Nc2cccc(OC)c2)nc1N. The van der Waals surface area contributed by atoms with E-state index >= 15 is 0 Å². The van der Waals surface area contributed by atoms with Crippen molar-refractivity contribution in [1.82, 2.24) is 9.97 Å². The molecule has 138 valence electrons. The predicted molar refractivity (Wildman–Crippen MR) is 99.3 cm³/mol. The van der Waals surface area contributed by atoms with E-state index in [1.807, 2.05) is 0 Å². The Morgan fingerprint density at radius 1 is 1.38 bits per heavy atom. The minimum Gasteiger partial charge on any atom is -0.497 e. The van der Waals surface area contributed by atoms with Gasteiger partial charge in [-0.25, -0.2) is 14.8 Å². The summed E-state index contributed by atoms with van der Waals surface area (Å²) >= 11 is 1.13. The number of anilines is 2. The van der Waals surface area contributed by atoms with Gasteiger partial charge in [0.15, 0.2) is 5.16 Å². The van der Waals surface area contributed by atoms with Gasteiger partial charge in [-0.1, -0.05) is 17.8 Å². The van der Waals surface area contributed by atoms with Crippen LogP contribution in [0.25, 0.3) is 0 Å². The van der Waals surface area contributed by atoms with Crippen LogP contribution < -0.4 is 15.8 Å². The van der Waals surface area contributed by atoms with Crippen LogP contribution in [0, 0.1) is 0 Å². The number of nitrogen functional groups attached to an aromatic ring is 1. The molecule has 0 unspecified atom stereocenters. The fourth-order valence-corrected chi connectivity index (χ4v) is 2.70. The van der Waals surface area contributed by atoms with Gasteiger partial charge in [0.2, 0.25) is 5.91 Å². The van der Waals surface area contributed by atoms with Gasteiger partial charge in [-0.05, 0) is 26.0 Å². The predicted octanol–water partition coefficient (Wildman–Crippen LogP) is 2.36. The number of nitrogens with zero attached hydrogens (tertiary/aromatic N) is 2. The Bertz CT molecular complexity index is 800. The molecule has 1 aromatic carbocycles. The number of esters is 1. The van der Waals surface area contributed by atoms with Crippen molar-refractivity contribution in [3.05, 3.63) is 36.0 Å². The molecule has 0 bridgehead atoms. The Kier molecular flexibility index (Phi) is 6.79. The number of benzene rings is 1.